The Bertz CT molecular complexity index is 3610. The molecule has 12 aromatic rings. The van der Waals surface area contributed by atoms with Crippen LogP contribution in [-0.2, 0) is 0 Å². The zero-order chi connectivity index (χ0) is 46.0. The van der Waals surface area contributed by atoms with Crippen molar-refractivity contribution >= 4 is 43.6 Å². The molecule has 3 aromatic heterocycles. The minimum Gasteiger partial charge on any atom is -0.309 e. The lowest BCUT2D eigenvalue weighted by molar-refractivity contribution is 1.18. The second-order valence-electron chi connectivity index (χ2n) is 18.3. The Morgan fingerprint density at radius 2 is 0.706 bits per heavy atom. The fourth-order valence-electron chi connectivity index (χ4n) is 10.3. The molecule has 0 radical (unpaired) electrons. The number of hydrogen-bond donors (Lipinski definition) is 0. The van der Waals surface area contributed by atoms with Crippen LogP contribution in [0.2, 0.25) is 0 Å². The van der Waals surface area contributed by atoms with E-state index in [1.165, 1.54) is 65.9 Å². The SMILES string of the molecule is Cc1ccc2c(c1)c1cc(C)ccc1n2-c1ccc(-c2cc(C#N)cc(-c3ccc(-n4c5ccc(C)cc5c5cc(C)ccc54)cc3)c2-c2cc(-c3ccccc3)nc(-c3ccccc3)c2)cc1. The third kappa shape index (κ3) is 6.96. The maximum atomic E-state index is 10.8. The zero-order valence-corrected chi connectivity index (χ0v) is 38.4. The largest absolute Gasteiger partial charge is 0.309 e. The van der Waals surface area contributed by atoms with E-state index in [2.05, 4.69) is 237 Å². The molecule has 0 fully saturated rings. The van der Waals surface area contributed by atoms with Crippen LogP contribution in [-0.4, -0.2) is 14.1 Å². The summed E-state index contributed by atoms with van der Waals surface area (Å²) >= 11 is 0. The molecule has 0 N–H and O–H groups in total. The van der Waals surface area contributed by atoms with Gasteiger partial charge in [-0.25, -0.2) is 4.98 Å². The maximum Gasteiger partial charge on any atom is 0.0992 e. The number of nitriles is 1. The molecule has 0 spiro atoms. The lowest BCUT2D eigenvalue weighted by Gasteiger charge is -2.20. The van der Waals surface area contributed by atoms with E-state index in [0.717, 1.165) is 67.3 Å². The second kappa shape index (κ2) is 16.3. The van der Waals surface area contributed by atoms with Gasteiger partial charge in [0.25, 0.3) is 0 Å². The van der Waals surface area contributed by atoms with E-state index < -0.39 is 0 Å². The van der Waals surface area contributed by atoms with Gasteiger partial charge in [-0.3, -0.25) is 0 Å². The van der Waals surface area contributed by atoms with Crippen molar-refractivity contribution in [2.75, 3.05) is 0 Å². The maximum absolute atomic E-state index is 10.8. The van der Waals surface area contributed by atoms with Crippen LogP contribution in [0.15, 0.2) is 206 Å². The van der Waals surface area contributed by atoms with Gasteiger partial charge in [-0.1, -0.05) is 131 Å². The number of pyridine rings is 1. The minimum atomic E-state index is 0.591. The van der Waals surface area contributed by atoms with E-state index in [1.807, 2.05) is 12.1 Å². The van der Waals surface area contributed by atoms with Gasteiger partial charge in [0.15, 0.2) is 0 Å². The highest BCUT2D eigenvalue weighted by molar-refractivity contribution is 6.11. The first-order valence-electron chi connectivity index (χ1n) is 23.2. The van der Waals surface area contributed by atoms with Crippen molar-refractivity contribution in [1.29, 1.82) is 5.26 Å². The summed E-state index contributed by atoms with van der Waals surface area (Å²) in [5.74, 6) is 0. The molecule has 0 unspecified atom stereocenters. The molecule has 0 bridgehead atoms. The Morgan fingerprint density at radius 1 is 0.353 bits per heavy atom. The van der Waals surface area contributed by atoms with Crippen molar-refractivity contribution in [2.45, 2.75) is 27.7 Å². The average Bonchev–Trinajstić information content (AvgIpc) is 3.87. The molecule has 0 aliphatic rings. The van der Waals surface area contributed by atoms with Gasteiger partial charge < -0.3 is 9.13 Å². The molecule has 68 heavy (non-hydrogen) atoms. The van der Waals surface area contributed by atoms with Crippen molar-refractivity contribution in [3.63, 3.8) is 0 Å². The number of nitrogens with zero attached hydrogens (tertiary/aromatic N) is 4. The molecule has 0 aliphatic heterocycles. The van der Waals surface area contributed by atoms with Gasteiger partial charge in [-0.05, 0) is 158 Å². The Balaban J connectivity index is 1.08. The molecule has 322 valence electrons. The molecule has 0 amide bonds. The smallest absolute Gasteiger partial charge is 0.0992 e. The predicted molar refractivity (Wildman–Crippen MR) is 284 cm³/mol. The van der Waals surface area contributed by atoms with Crippen LogP contribution in [0, 0.1) is 39.0 Å². The summed E-state index contributed by atoms with van der Waals surface area (Å²) in [6.07, 6.45) is 0. The highest BCUT2D eigenvalue weighted by atomic mass is 15.0. The minimum absolute atomic E-state index is 0.591. The van der Waals surface area contributed by atoms with Crippen molar-refractivity contribution in [2.24, 2.45) is 0 Å². The summed E-state index contributed by atoms with van der Waals surface area (Å²) in [6, 6.07) is 76.5. The lowest BCUT2D eigenvalue weighted by Crippen LogP contribution is -1.98. The van der Waals surface area contributed by atoms with Crippen LogP contribution in [0.5, 0.6) is 0 Å². The van der Waals surface area contributed by atoms with Crippen LogP contribution in [0.1, 0.15) is 27.8 Å². The molecule has 0 saturated carbocycles. The molecule has 9 aromatic carbocycles. The quantitative estimate of drug-likeness (QED) is 0.160. The van der Waals surface area contributed by atoms with Crippen molar-refractivity contribution in [3.05, 3.63) is 234 Å². The molecule has 0 saturated heterocycles. The topological polar surface area (TPSA) is 46.5 Å². The molecule has 3 heterocycles. The van der Waals surface area contributed by atoms with Gasteiger partial charge in [0.05, 0.1) is 45.1 Å². The van der Waals surface area contributed by atoms with Crippen LogP contribution >= 0.6 is 0 Å². The van der Waals surface area contributed by atoms with E-state index >= 15 is 0 Å². The van der Waals surface area contributed by atoms with Gasteiger partial charge in [0.2, 0.25) is 0 Å². The molecule has 0 aliphatic carbocycles. The first-order chi connectivity index (χ1) is 33.3. The predicted octanol–water partition coefficient (Wildman–Crippen LogP) is 16.7. The molecule has 4 nitrogen and oxygen atoms in total. The fourth-order valence-corrected chi connectivity index (χ4v) is 10.3. The normalized spacial score (nSPS) is 11.5. The number of aryl methyl sites for hydroxylation is 4. The molecule has 4 heteroatoms. The van der Waals surface area contributed by atoms with Gasteiger partial charge in [0, 0.05) is 44.0 Å². The second-order valence-corrected chi connectivity index (χ2v) is 18.3. The summed E-state index contributed by atoms with van der Waals surface area (Å²) in [7, 11) is 0. The van der Waals surface area contributed by atoms with Crippen molar-refractivity contribution in [1.82, 2.24) is 14.1 Å². The van der Waals surface area contributed by atoms with Gasteiger partial charge in [-0.15, -0.1) is 0 Å². The number of benzene rings is 9. The average molecular weight is 871 g/mol. The van der Waals surface area contributed by atoms with Crippen LogP contribution in [0.4, 0.5) is 0 Å². The fraction of sp³-hybridized carbons (Fsp3) is 0.0625. The number of fused-ring (bicyclic) bond motifs is 6. The van der Waals surface area contributed by atoms with E-state index in [9.17, 15) is 5.26 Å². The summed E-state index contributed by atoms with van der Waals surface area (Å²) < 4.78 is 4.74. The molecule has 12 rings (SSSR count). The third-order valence-corrected chi connectivity index (χ3v) is 13.5. The zero-order valence-electron chi connectivity index (χ0n) is 38.4. The van der Waals surface area contributed by atoms with E-state index in [-0.39, 0.29) is 0 Å². The summed E-state index contributed by atoms with van der Waals surface area (Å²) in [6.45, 7) is 8.63. The Labute approximate surface area is 396 Å². The van der Waals surface area contributed by atoms with Gasteiger partial charge >= 0.3 is 0 Å². The molecular formula is C64H46N4. The summed E-state index contributed by atoms with van der Waals surface area (Å²) in [5.41, 5.74) is 22.2. The Kier molecular flexibility index (Phi) is 9.74. The highest BCUT2D eigenvalue weighted by Gasteiger charge is 2.21. The van der Waals surface area contributed by atoms with Gasteiger partial charge in [0.1, 0.15) is 0 Å². The standard InChI is InChI=1S/C64H46N4/c1-40-15-27-60-54(31-40)55-32-41(2)16-28-61(55)67(60)50-23-19-45(20-24-50)52-35-44(39-65)36-53(64(52)49-37-58(47-11-7-5-8-12-47)66-59(38-49)48-13-9-6-10-14-48)46-21-25-51(26-22-46)68-62-29-17-42(3)33-56(62)57-34-43(4)18-30-63(57)68/h5-38H,1-4H3. The third-order valence-electron chi connectivity index (χ3n) is 13.5. The van der Waals surface area contributed by atoms with Crippen molar-refractivity contribution < 1.29 is 0 Å². The van der Waals surface area contributed by atoms with E-state index in [1.54, 1.807) is 0 Å². The monoisotopic (exact) mass is 870 g/mol. The first-order valence-corrected chi connectivity index (χ1v) is 23.2. The molecular weight excluding hydrogens is 825 g/mol. The lowest BCUT2D eigenvalue weighted by atomic mass is 9.85. The Morgan fingerprint density at radius 3 is 1.04 bits per heavy atom. The number of hydrogen-bond acceptors (Lipinski definition) is 2. The first kappa shape index (κ1) is 40.7. The van der Waals surface area contributed by atoms with Crippen LogP contribution < -0.4 is 0 Å². The molecule has 0 atom stereocenters. The summed E-state index contributed by atoms with van der Waals surface area (Å²) in [4.78, 5) is 5.28. The summed E-state index contributed by atoms with van der Waals surface area (Å²) in [5, 5.41) is 15.8. The van der Waals surface area contributed by atoms with E-state index in [0.29, 0.717) is 5.56 Å². The van der Waals surface area contributed by atoms with Crippen LogP contribution in [0.3, 0.4) is 0 Å². The Hall–Kier alpha value is -8.78. The van der Waals surface area contributed by atoms with Gasteiger partial charge in [-0.2, -0.15) is 5.26 Å². The number of rotatable bonds is 7. The number of aromatic nitrogens is 3. The van der Waals surface area contributed by atoms with E-state index in [4.69, 9.17) is 4.98 Å². The van der Waals surface area contributed by atoms with Crippen molar-refractivity contribution in [3.8, 4) is 73.3 Å². The van der Waals surface area contributed by atoms with Crippen LogP contribution in [0.25, 0.3) is 111 Å². The highest BCUT2D eigenvalue weighted by Crippen LogP contribution is 2.45.